The third-order valence-electron chi connectivity index (χ3n) is 7.92. The lowest BCUT2D eigenvalue weighted by atomic mass is 9.73. The molecule has 0 spiro atoms. The third kappa shape index (κ3) is 8.28. The number of halogens is 6. The summed E-state index contributed by atoms with van der Waals surface area (Å²) in [5, 5.41) is 16.4. The van der Waals surface area contributed by atoms with Gasteiger partial charge in [-0.25, -0.2) is 0 Å². The summed E-state index contributed by atoms with van der Waals surface area (Å²) in [5.74, 6) is 0.583. The normalized spacial score (nSPS) is 12.3. The van der Waals surface area contributed by atoms with Crippen molar-refractivity contribution in [2.24, 2.45) is 20.5 Å². The minimum absolute atomic E-state index is 0.0183. The summed E-state index contributed by atoms with van der Waals surface area (Å²) in [5.41, 5.74) is 8.16. The summed E-state index contributed by atoms with van der Waals surface area (Å²) in [6.45, 7) is 0. The van der Waals surface area contributed by atoms with E-state index in [1.165, 1.54) is 24.3 Å². The second-order valence-corrected chi connectivity index (χ2v) is 11.6. The van der Waals surface area contributed by atoms with Crippen LogP contribution in [0.1, 0.15) is 11.1 Å². The molecule has 0 bridgehead atoms. The van der Waals surface area contributed by atoms with Crippen molar-refractivity contribution in [1.29, 1.82) is 0 Å². The number of nitrogens with zero attached hydrogens (tertiary/aromatic N) is 4. The molecule has 0 unspecified atom stereocenters. The van der Waals surface area contributed by atoms with E-state index in [2.05, 4.69) is 20.5 Å². The molecule has 0 amide bonds. The Kier molecular flexibility index (Phi) is 10.1. The van der Waals surface area contributed by atoms with Gasteiger partial charge >= 0.3 is 12.4 Å². The molecule has 14 heteroatoms. The van der Waals surface area contributed by atoms with E-state index >= 15 is 0 Å². The maximum absolute atomic E-state index is 14.8. The van der Waals surface area contributed by atoms with Crippen molar-refractivity contribution in [3.05, 3.63) is 157 Å². The van der Waals surface area contributed by atoms with E-state index < -0.39 is 28.9 Å². The van der Waals surface area contributed by atoms with Gasteiger partial charge in [-0.1, -0.05) is 24.3 Å². The number of rotatable bonds is 10. The number of hydrogen-bond acceptors (Lipinski definition) is 8. The van der Waals surface area contributed by atoms with Crippen LogP contribution < -0.4 is 20.9 Å². The first kappa shape index (κ1) is 36.1. The molecule has 6 aromatic rings. The van der Waals surface area contributed by atoms with Gasteiger partial charge in [-0.3, -0.25) is 0 Å². The molecule has 8 nitrogen and oxygen atoms in total. The molecule has 0 saturated carbocycles. The van der Waals surface area contributed by atoms with Crippen molar-refractivity contribution < 1.29 is 35.8 Å². The zero-order chi connectivity index (χ0) is 37.6. The SMILES string of the molecule is Nc1ccc(/N=N/c2ccc(Oc3ccc(C(c4ccc(Oc5ccc(/N=N/c6ccc(N)cc6)cc5)cc4)(C(F)(F)F)C(F)(F)F)cc3)cc2)cc1. The van der Waals surface area contributed by atoms with Crippen LogP contribution in [-0.4, -0.2) is 12.4 Å². The van der Waals surface area contributed by atoms with Crippen LogP contribution in [0.3, 0.4) is 0 Å². The van der Waals surface area contributed by atoms with Gasteiger partial charge in [-0.15, -0.1) is 0 Å². The molecule has 0 aliphatic carbocycles. The fourth-order valence-electron chi connectivity index (χ4n) is 5.27. The van der Waals surface area contributed by atoms with E-state index in [-0.39, 0.29) is 23.0 Å². The predicted molar refractivity (Wildman–Crippen MR) is 189 cm³/mol. The molecule has 53 heavy (non-hydrogen) atoms. The van der Waals surface area contributed by atoms with Crippen LogP contribution in [-0.2, 0) is 5.41 Å². The minimum Gasteiger partial charge on any atom is -0.457 e. The van der Waals surface area contributed by atoms with Gasteiger partial charge in [-0.2, -0.15) is 46.8 Å². The lowest BCUT2D eigenvalue weighted by Crippen LogP contribution is -2.54. The molecule has 0 heterocycles. The first-order chi connectivity index (χ1) is 25.3. The van der Waals surface area contributed by atoms with Crippen LogP contribution in [0.2, 0.25) is 0 Å². The number of ether oxygens (including phenoxy) is 2. The van der Waals surface area contributed by atoms with Crippen molar-refractivity contribution >= 4 is 34.1 Å². The van der Waals surface area contributed by atoms with Crippen molar-refractivity contribution in [3.8, 4) is 23.0 Å². The highest BCUT2D eigenvalue weighted by atomic mass is 19.4. The van der Waals surface area contributed by atoms with Crippen molar-refractivity contribution in [3.63, 3.8) is 0 Å². The van der Waals surface area contributed by atoms with Gasteiger partial charge in [0.15, 0.2) is 0 Å². The van der Waals surface area contributed by atoms with E-state index in [1.807, 2.05) is 0 Å². The van der Waals surface area contributed by atoms with Crippen LogP contribution in [0.25, 0.3) is 0 Å². The highest BCUT2D eigenvalue weighted by Gasteiger charge is 2.72. The lowest BCUT2D eigenvalue weighted by molar-refractivity contribution is -0.288. The maximum atomic E-state index is 14.8. The quantitative estimate of drug-likeness (QED) is 0.0829. The zero-order valence-corrected chi connectivity index (χ0v) is 27.4. The molecule has 6 aromatic carbocycles. The molecule has 0 aliphatic rings. The number of hydrogen-bond donors (Lipinski definition) is 2. The number of alkyl halides is 6. The molecule has 0 saturated heterocycles. The van der Waals surface area contributed by atoms with Gasteiger partial charge in [0.25, 0.3) is 0 Å². The Balaban J connectivity index is 1.18. The smallest absolute Gasteiger partial charge is 0.411 e. The predicted octanol–water partition coefficient (Wildman–Crippen LogP) is 12.7. The third-order valence-corrected chi connectivity index (χ3v) is 7.92. The standard InChI is InChI=1S/C39H28F6N6O2/c40-38(41,42)37(39(43,44)45,25-1-17-33(18-2-25)52-35-21-13-31(14-22-35)50-48-29-9-5-27(46)6-10-29)26-3-19-34(20-4-26)53-36-23-15-32(16-24-36)51-49-30-11-7-28(47)8-12-30/h1-24H,46-47H2/b50-48+,51-49+. The Morgan fingerprint density at radius 3 is 0.811 bits per heavy atom. The Morgan fingerprint density at radius 1 is 0.340 bits per heavy atom. The highest BCUT2D eigenvalue weighted by Crippen LogP contribution is 2.56. The largest absolute Gasteiger partial charge is 0.457 e. The molecule has 0 fully saturated rings. The number of nitrogens with two attached hydrogens (primary N) is 2. The minimum atomic E-state index is -5.77. The van der Waals surface area contributed by atoms with Gasteiger partial charge in [0, 0.05) is 11.4 Å². The van der Waals surface area contributed by atoms with Crippen molar-refractivity contribution in [2.75, 3.05) is 11.5 Å². The van der Waals surface area contributed by atoms with Crippen molar-refractivity contribution in [2.45, 2.75) is 17.8 Å². The summed E-state index contributed by atoms with van der Waals surface area (Å²) in [7, 11) is 0. The molecule has 4 N–H and O–H groups in total. The monoisotopic (exact) mass is 726 g/mol. The molecule has 0 atom stereocenters. The fraction of sp³-hybridized carbons (Fsp3) is 0.0769. The molecule has 0 aromatic heterocycles. The summed E-state index contributed by atoms with van der Waals surface area (Å²) in [6, 6.07) is 33.2. The highest BCUT2D eigenvalue weighted by molar-refractivity contribution is 5.51. The van der Waals surface area contributed by atoms with E-state index in [4.69, 9.17) is 20.9 Å². The van der Waals surface area contributed by atoms with Crippen LogP contribution in [0.4, 0.5) is 60.5 Å². The topological polar surface area (TPSA) is 120 Å². The number of azo groups is 2. The van der Waals surface area contributed by atoms with Crippen LogP contribution in [0.15, 0.2) is 166 Å². The Bertz CT molecular complexity index is 2030. The molecular weight excluding hydrogens is 698 g/mol. The van der Waals surface area contributed by atoms with Crippen LogP contribution >= 0.6 is 0 Å². The van der Waals surface area contributed by atoms with E-state index in [0.29, 0.717) is 34.1 Å². The van der Waals surface area contributed by atoms with E-state index in [0.717, 1.165) is 48.5 Å². The van der Waals surface area contributed by atoms with Gasteiger partial charge in [0.2, 0.25) is 5.41 Å². The molecule has 6 rings (SSSR count). The number of anilines is 2. The summed E-state index contributed by atoms with van der Waals surface area (Å²) in [6.07, 6.45) is -11.5. The van der Waals surface area contributed by atoms with E-state index in [9.17, 15) is 26.3 Å². The second-order valence-electron chi connectivity index (χ2n) is 11.6. The first-order valence-corrected chi connectivity index (χ1v) is 15.8. The molecule has 268 valence electrons. The second kappa shape index (κ2) is 14.9. The van der Waals surface area contributed by atoms with Gasteiger partial charge in [-0.05, 0) is 132 Å². The summed E-state index contributed by atoms with van der Waals surface area (Å²) >= 11 is 0. The van der Waals surface area contributed by atoms with Gasteiger partial charge < -0.3 is 20.9 Å². The Labute approximate surface area is 299 Å². The van der Waals surface area contributed by atoms with E-state index in [1.54, 1.807) is 72.8 Å². The maximum Gasteiger partial charge on any atom is 0.411 e. The van der Waals surface area contributed by atoms with Gasteiger partial charge in [0.1, 0.15) is 23.0 Å². The molecular formula is C39H28F6N6O2. The molecule has 0 aliphatic heterocycles. The first-order valence-electron chi connectivity index (χ1n) is 15.8. The zero-order valence-electron chi connectivity index (χ0n) is 27.4. The average molecular weight is 727 g/mol. The summed E-state index contributed by atoms with van der Waals surface area (Å²) < 4.78 is 100.0. The number of nitrogen functional groups attached to an aromatic ring is 2. The van der Waals surface area contributed by atoms with Crippen LogP contribution in [0.5, 0.6) is 23.0 Å². The molecule has 0 radical (unpaired) electrons. The lowest BCUT2D eigenvalue weighted by Gasteiger charge is -2.38. The van der Waals surface area contributed by atoms with Crippen LogP contribution in [0, 0.1) is 0 Å². The van der Waals surface area contributed by atoms with Gasteiger partial charge in [0.05, 0.1) is 22.7 Å². The average Bonchev–Trinajstić information content (AvgIpc) is 3.13. The fourth-order valence-corrected chi connectivity index (χ4v) is 5.27. The summed E-state index contributed by atoms with van der Waals surface area (Å²) in [4.78, 5) is 0. The van der Waals surface area contributed by atoms with Crippen molar-refractivity contribution in [1.82, 2.24) is 0 Å². The number of benzene rings is 6. The Hall–Kier alpha value is -6.70. The Morgan fingerprint density at radius 2 is 0.566 bits per heavy atom.